The van der Waals surface area contributed by atoms with E-state index in [0.29, 0.717) is 6.54 Å². The lowest BCUT2D eigenvalue weighted by atomic mass is 10.0. The van der Waals surface area contributed by atoms with Gasteiger partial charge in [0.15, 0.2) is 0 Å². The first-order chi connectivity index (χ1) is 11.4. The molecule has 1 saturated heterocycles. The van der Waals surface area contributed by atoms with E-state index in [-0.39, 0.29) is 13.2 Å². The van der Waals surface area contributed by atoms with Crippen molar-refractivity contribution in [1.29, 1.82) is 0 Å². The molecule has 1 aromatic heterocycles. The molecular formula is C16H20N2O5S. The largest absolute Gasteiger partial charge is 0.342 e. The zero-order valence-corrected chi connectivity index (χ0v) is 14.4. The Morgan fingerprint density at radius 1 is 1.38 bits per heavy atom. The molecule has 0 spiro atoms. The minimum absolute atomic E-state index is 0.0730. The zero-order valence-electron chi connectivity index (χ0n) is 13.6. The van der Waals surface area contributed by atoms with Gasteiger partial charge in [-0.25, -0.2) is 4.98 Å². The van der Waals surface area contributed by atoms with Crippen LogP contribution in [0.4, 0.5) is 0 Å². The van der Waals surface area contributed by atoms with Gasteiger partial charge < -0.3 is 14.0 Å². The molecule has 2 unspecified atom stereocenters. The van der Waals surface area contributed by atoms with Gasteiger partial charge in [0.1, 0.15) is 6.10 Å². The summed E-state index contributed by atoms with van der Waals surface area (Å²) in [6.45, 7) is 2.59. The maximum absolute atomic E-state index is 11.2. The number of benzene rings is 1. The number of aryl methyl sites for hydroxylation is 1. The molecule has 1 fully saturated rings. The van der Waals surface area contributed by atoms with Crippen molar-refractivity contribution in [3.8, 4) is 0 Å². The molecule has 3 rings (SSSR count). The van der Waals surface area contributed by atoms with E-state index in [1.807, 2.05) is 42.0 Å². The molecule has 8 heteroatoms. The van der Waals surface area contributed by atoms with E-state index >= 15 is 0 Å². The molecule has 0 N–H and O–H groups in total. The van der Waals surface area contributed by atoms with Crippen LogP contribution in [0.2, 0.25) is 0 Å². The summed E-state index contributed by atoms with van der Waals surface area (Å²) in [5, 5.41) is 0. The van der Waals surface area contributed by atoms with Crippen LogP contribution >= 0.6 is 0 Å². The predicted octanol–water partition coefficient (Wildman–Crippen LogP) is 1.44. The Hall–Kier alpha value is -1.74. The summed E-state index contributed by atoms with van der Waals surface area (Å²) in [5.74, 6) is -1.00. The van der Waals surface area contributed by atoms with Crippen LogP contribution in [-0.2, 0) is 36.1 Å². The van der Waals surface area contributed by atoms with Crippen molar-refractivity contribution >= 4 is 10.1 Å². The summed E-state index contributed by atoms with van der Waals surface area (Å²) < 4.78 is 41.1. The monoisotopic (exact) mass is 352 g/mol. The quantitative estimate of drug-likeness (QED) is 0.732. The summed E-state index contributed by atoms with van der Waals surface area (Å²) in [6, 6.07) is 7.87. The predicted molar refractivity (Wildman–Crippen MR) is 86.7 cm³/mol. The van der Waals surface area contributed by atoms with E-state index in [9.17, 15) is 8.42 Å². The third-order valence-corrected chi connectivity index (χ3v) is 4.33. The second kappa shape index (κ2) is 6.64. The molecule has 0 aliphatic carbocycles. The van der Waals surface area contributed by atoms with Crippen molar-refractivity contribution in [2.24, 2.45) is 0 Å². The molecule has 2 aromatic rings. The Morgan fingerprint density at radius 2 is 2.12 bits per heavy atom. The third kappa shape index (κ3) is 4.02. The van der Waals surface area contributed by atoms with Crippen molar-refractivity contribution in [2.45, 2.75) is 25.4 Å². The van der Waals surface area contributed by atoms with Crippen LogP contribution in [0.1, 0.15) is 11.1 Å². The topological polar surface area (TPSA) is 79.7 Å². The number of aromatic nitrogens is 2. The lowest BCUT2D eigenvalue weighted by Gasteiger charge is -2.29. The van der Waals surface area contributed by atoms with Crippen LogP contribution in [0.5, 0.6) is 0 Å². The molecule has 0 radical (unpaired) electrons. The summed E-state index contributed by atoms with van der Waals surface area (Å²) >= 11 is 0. The zero-order chi connectivity index (χ0) is 17.2. The highest BCUT2D eigenvalue weighted by Crippen LogP contribution is 2.36. The van der Waals surface area contributed by atoms with E-state index in [0.717, 1.165) is 17.4 Å². The summed E-state index contributed by atoms with van der Waals surface area (Å²) in [4.78, 5) is 4.04. The van der Waals surface area contributed by atoms with E-state index in [2.05, 4.69) is 4.98 Å². The highest BCUT2D eigenvalue weighted by molar-refractivity contribution is 7.85. The van der Waals surface area contributed by atoms with Gasteiger partial charge >= 0.3 is 0 Å². The van der Waals surface area contributed by atoms with Gasteiger partial charge in [-0.1, -0.05) is 29.8 Å². The van der Waals surface area contributed by atoms with E-state index < -0.39 is 22.0 Å². The minimum atomic E-state index is -3.52. The first-order valence-electron chi connectivity index (χ1n) is 7.55. The van der Waals surface area contributed by atoms with Crippen LogP contribution in [-0.4, -0.2) is 43.5 Å². The number of nitrogens with zero attached hydrogens (tertiary/aromatic N) is 2. The van der Waals surface area contributed by atoms with Gasteiger partial charge in [-0.2, -0.15) is 8.42 Å². The van der Waals surface area contributed by atoms with Gasteiger partial charge in [0.25, 0.3) is 10.1 Å². The Kier molecular flexibility index (Phi) is 4.73. The van der Waals surface area contributed by atoms with E-state index in [1.165, 1.54) is 0 Å². The normalized spacial score (nSPS) is 24.3. The molecule has 24 heavy (non-hydrogen) atoms. The van der Waals surface area contributed by atoms with Crippen molar-refractivity contribution in [1.82, 2.24) is 9.55 Å². The van der Waals surface area contributed by atoms with Crippen molar-refractivity contribution < 1.29 is 22.1 Å². The van der Waals surface area contributed by atoms with Gasteiger partial charge in [-0.05, 0) is 6.92 Å². The number of hydrogen-bond donors (Lipinski definition) is 0. The molecule has 7 nitrogen and oxygen atoms in total. The van der Waals surface area contributed by atoms with Crippen LogP contribution in [0.25, 0.3) is 0 Å². The van der Waals surface area contributed by atoms with Crippen molar-refractivity contribution in [3.05, 3.63) is 54.1 Å². The third-order valence-electron chi connectivity index (χ3n) is 3.77. The molecule has 130 valence electrons. The molecule has 1 aliphatic rings. The van der Waals surface area contributed by atoms with Gasteiger partial charge in [-0.3, -0.25) is 4.18 Å². The van der Waals surface area contributed by atoms with Crippen molar-refractivity contribution in [3.63, 3.8) is 0 Å². The molecule has 0 amide bonds. The van der Waals surface area contributed by atoms with E-state index in [1.54, 1.807) is 12.5 Å². The molecule has 1 aliphatic heterocycles. The fourth-order valence-corrected chi connectivity index (χ4v) is 3.00. The van der Waals surface area contributed by atoms with Gasteiger partial charge in [0.2, 0.25) is 5.79 Å². The maximum atomic E-state index is 11.2. The second-order valence-corrected chi connectivity index (χ2v) is 7.54. The Balaban J connectivity index is 1.82. The molecule has 0 saturated carbocycles. The first kappa shape index (κ1) is 17.1. The number of ether oxygens (including phenoxy) is 2. The lowest BCUT2D eigenvalue weighted by molar-refractivity contribution is -0.189. The molecule has 2 heterocycles. The van der Waals surface area contributed by atoms with Gasteiger partial charge in [0, 0.05) is 18.0 Å². The van der Waals surface area contributed by atoms with E-state index in [4.69, 9.17) is 13.7 Å². The molecule has 1 aromatic carbocycles. The first-order valence-corrected chi connectivity index (χ1v) is 9.37. The standard InChI is InChI=1S/C16H20N2O5S/c1-13-3-5-14(6-4-13)16(11-18-8-7-17-12-18)21-9-15(23-16)10-22-24(2,19)20/h3-8,12,15H,9-11H2,1-2H3. The average Bonchev–Trinajstić information content (AvgIpc) is 3.16. The Bertz CT molecular complexity index is 773. The fraction of sp³-hybridized carbons (Fsp3) is 0.438. The SMILES string of the molecule is Cc1ccc(C2(Cn3ccnc3)OCC(COS(C)(=O)=O)O2)cc1. The Morgan fingerprint density at radius 3 is 2.75 bits per heavy atom. The molecule has 0 bridgehead atoms. The smallest absolute Gasteiger partial charge is 0.264 e. The van der Waals surface area contributed by atoms with Crippen LogP contribution in [0.3, 0.4) is 0 Å². The highest BCUT2D eigenvalue weighted by Gasteiger charge is 2.44. The Labute approximate surface area is 141 Å². The maximum Gasteiger partial charge on any atom is 0.264 e. The molecular weight excluding hydrogens is 332 g/mol. The van der Waals surface area contributed by atoms with Crippen LogP contribution < -0.4 is 0 Å². The second-order valence-electron chi connectivity index (χ2n) is 5.89. The lowest BCUT2D eigenvalue weighted by Crippen LogP contribution is -2.34. The minimum Gasteiger partial charge on any atom is -0.342 e. The fourth-order valence-electron chi connectivity index (χ4n) is 2.60. The highest BCUT2D eigenvalue weighted by atomic mass is 32.2. The van der Waals surface area contributed by atoms with Crippen molar-refractivity contribution in [2.75, 3.05) is 19.5 Å². The van der Waals surface area contributed by atoms with Crippen LogP contribution in [0, 0.1) is 6.92 Å². The number of rotatable bonds is 6. The molecule has 2 atom stereocenters. The summed E-state index contributed by atoms with van der Waals surface area (Å²) in [6.07, 6.45) is 5.74. The summed E-state index contributed by atoms with van der Waals surface area (Å²) in [5.41, 5.74) is 2.00. The van der Waals surface area contributed by atoms with Crippen LogP contribution in [0.15, 0.2) is 43.0 Å². The summed E-state index contributed by atoms with van der Waals surface area (Å²) in [7, 11) is -3.52. The van der Waals surface area contributed by atoms with Gasteiger partial charge in [-0.15, -0.1) is 0 Å². The van der Waals surface area contributed by atoms with Gasteiger partial charge in [0.05, 0.1) is 32.3 Å². The number of imidazole rings is 1. The number of hydrogen-bond acceptors (Lipinski definition) is 6. The average molecular weight is 352 g/mol.